The SMILES string of the molecule is CCCCOC(CC)COCC(CCCC)OC(=O)O. The minimum absolute atomic E-state index is 0.0817. The molecule has 0 rings (SSSR count). The van der Waals surface area contributed by atoms with E-state index in [-0.39, 0.29) is 12.2 Å². The topological polar surface area (TPSA) is 65.0 Å². The fourth-order valence-corrected chi connectivity index (χ4v) is 1.76. The van der Waals surface area contributed by atoms with Gasteiger partial charge in [0.2, 0.25) is 0 Å². The summed E-state index contributed by atoms with van der Waals surface area (Å²) in [5.74, 6) is 0. The van der Waals surface area contributed by atoms with Crippen LogP contribution in [0.1, 0.15) is 59.3 Å². The lowest BCUT2D eigenvalue weighted by Gasteiger charge is -2.19. The molecule has 0 aliphatic heterocycles. The molecule has 0 saturated heterocycles. The lowest BCUT2D eigenvalue weighted by atomic mass is 10.2. The van der Waals surface area contributed by atoms with E-state index in [0.29, 0.717) is 19.6 Å². The predicted octanol–water partition coefficient (Wildman–Crippen LogP) is 3.85. The number of hydrogen-bond acceptors (Lipinski definition) is 4. The fraction of sp³-hybridized carbons (Fsp3) is 0.933. The van der Waals surface area contributed by atoms with Gasteiger partial charge < -0.3 is 19.3 Å². The molecule has 0 saturated carbocycles. The molecular formula is C15H30O5. The van der Waals surface area contributed by atoms with E-state index in [1.54, 1.807) is 0 Å². The second-order valence-corrected chi connectivity index (χ2v) is 4.94. The van der Waals surface area contributed by atoms with Gasteiger partial charge in [-0.05, 0) is 25.7 Å². The first-order chi connectivity index (χ1) is 9.63. The van der Waals surface area contributed by atoms with Crippen molar-refractivity contribution in [1.82, 2.24) is 0 Å². The molecule has 5 nitrogen and oxygen atoms in total. The van der Waals surface area contributed by atoms with Crippen LogP contribution in [0.2, 0.25) is 0 Å². The first kappa shape index (κ1) is 19.2. The van der Waals surface area contributed by atoms with Crippen LogP contribution in [0.25, 0.3) is 0 Å². The van der Waals surface area contributed by atoms with Gasteiger partial charge >= 0.3 is 6.16 Å². The van der Waals surface area contributed by atoms with Crippen LogP contribution in [0.15, 0.2) is 0 Å². The van der Waals surface area contributed by atoms with E-state index in [9.17, 15) is 4.79 Å². The molecule has 0 aliphatic carbocycles. The Morgan fingerprint density at radius 1 is 1.05 bits per heavy atom. The first-order valence-electron chi connectivity index (χ1n) is 7.72. The van der Waals surface area contributed by atoms with Gasteiger partial charge in [-0.25, -0.2) is 4.79 Å². The summed E-state index contributed by atoms with van der Waals surface area (Å²) in [5, 5.41) is 8.68. The Bertz CT molecular complexity index is 232. The highest BCUT2D eigenvalue weighted by molar-refractivity contribution is 5.57. The zero-order chi connectivity index (χ0) is 15.2. The van der Waals surface area contributed by atoms with E-state index in [2.05, 4.69) is 20.8 Å². The smallest absolute Gasteiger partial charge is 0.450 e. The molecule has 2 unspecified atom stereocenters. The molecular weight excluding hydrogens is 260 g/mol. The van der Waals surface area contributed by atoms with Crippen LogP contribution in [0.5, 0.6) is 0 Å². The first-order valence-corrected chi connectivity index (χ1v) is 7.72. The molecule has 0 amide bonds. The van der Waals surface area contributed by atoms with Crippen LogP contribution in [0, 0.1) is 0 Å². The lowest BCUT2D eigenvalue weighted by Crippen LogP contribution is -2.26. The molecule has 0 aliphatic rings. The number of hydrogen-bond donors (Lipinski definition) is 1. The third kappa shape index (κ3) is 11.1. The minimum Gasteiger partial charge on any atom is -0.450 e. The summed E-state index contributed by atoms with van der Waals surface area (Å²) in [6.45, 7) is 7.80. The Morgan fingerprint density at radius 2 is 1.70 bits per heavy atom. The summed E-state index contributed by atoms with van der Waals surface area (Å²) in [4.78, 5) is 10.6. The van der Waals surface area contributed by atoms with E-state index < -0.39 is 6.16 Å². The van der Waals surface area contributed by atoms with Gasteiger partial charge in [0.05, 0.1) is 19.3 Å². The highest BCUT2D eigenvalue weighted by Gasteiger charge is 2.15. The molecule has 2 atom stereocenters. The quantitative estimate of drug-likeness (QED) is 0.412. The van der Waals surface area contributed by atoms with Crippen molar-refractivity contribution in [3.8, 4) is 0 Å². The van der Waals surface area contributed by atoms with Crippen molar-refractivity contribution < 1.29 is 24.1 Å². The molecule has 20 heavy (non-hydrogen) atoms. The lowest BCUT2D eigenvalue weighted by molar-refractivity contribution is -0.0508. The molecule has 0 aromatic carbocycles. The van der Waals surface area contributed by atoms with E-state index in [1.807, 2.05) is 0 Å². The number of ether oxygens (including phenoxy) is 3. The molecule has 0 heterocycles. The van der Waals surface area contributed by atoms with Crippen LogP contribution in [0.3, 0.4) is 0 Å². The predicted molar refractivity (Wildman–Crippen MR) is 78.2 cm³/mol. The number of carbonyl (C=O) groups is 1. The normalized spacial score (nSPS) is 13.9. The summed E-state index contributed by atoms with van der Waals surface area (Å²) in [6.07, 6.45) is 4.18. The molecule has 5 heteroatoms. The highest BCUT2D eigenvalue weighted by Crippen LogP contribution is 2.08. The van der Waals surface area contributed by atoms with Crippen LogP contribution in [-0.2, 0) is 14.2 Å². The maximum Gasteiger partial charge on any atom is 0.506 e. The molecule has 0 bridgehead atoms. The van der Waals surface area contributed by atoms with E-state index in [0.717, 1.165) is 38.7 Å². The van der Waals surface area contributed by atoms with E-state index >= 15 is 0 Å². The summed E-state index contributed by atoms with van der Waals surface area (Å²) in [6, 6.07) is 0. The van der Waals surface area contributed by atoms with Gasteiger partial charge in [0, 0.05) is 6.61 Å². The summed E-state index contributed by atoms with van der Waals surface area (Å²) < 4.78 is 16.1. The van der Waals surface area contributed by atoms with Gasteiger partial charge in [-0.1, -0.05) is 33.6 Å². The van der Waals surface area contributed by atoms with Crippen molar-refractivity contribution in [1.29, 1.82) is 0 Å². The van der Waals surface area contributed by atoms with Crippen molar-refractivity contribution in [2.75, 3.05) is 19.8 Å². The van der Waals surface area contributed by atoms with Crippen LogP contribution >= 0.6 is 0 Å². The second-order valence-electron chi connectivity index (χ2n) is 4.94. The monoisotopic (exact) mass is 290 g/mol. The van der Waals surface area contributed by atoms with Gasteiger partial charge in [0.1, 0.15) is 6.10 Å². The van der Waals surface area contributed by atoms with Crippen molar-refractivity contribution in [2.24, 2.45) is 0 Å². The van der Waals surface area contributed by atoms with Gasteiger partial charge in [-0.15, -0.1) is 0 Å². The number of rotatable bonds is 13. The standard InChI is InChI=1S/C15H30O5/c1-4-7-9-14(20-15(16)17)12-18-11-13(6-3)19-10-8-5-2/h13-14H,4-12H2,1-3H3,(H,16,17). The molecule has 120 valence electrons. The largest absolute Gasteiger partial charge is 0.506 e. The number of carboxylic acid groups (broad SMARTS) is 1. The van der Waals surface area contributed by atoms with Crippen molar-refractivity contribution in [3.63, 3.8) is 0 Å². The average molecular weight is 290 g/mol. The Morgan fingerprint density at radius 3 is 2.25 bits per heavy atom. The average Bonchev–Trinajstić information content (AvgIpc) is 2.42. The summed E-state index contributed by atoms with van der Waals surface area (Å²) in [5.41, 5.74) is 0. The summed E-state index contributed by atoms with van der Waals surface area (Å²) in [7, 11) is 0. The molecule has 0 aromatic heterocycles. The Kier molecular flexibility index (Phi) is 12.7. The van der Waals surface area contributed by atoms with Gasteiger partial charge in [0.15, 0.2) is 0 Å². The van der Waals surface area contributed by atoms with Crippen LogP contribution < -0.4 is 0 Å². The second kappa shape index (κ2) is 13.2. The Labute approximate surface area is 122 Å². The highest BCUT2D eigenvalue weighted by atomic mass is 16.7. The van der Waals surface area contributed by atoms with E-state index in [4.69, 9.17) is 19.3 Å². The third-order valence-corrected chi connectivity index (χ3v) is 3.06. The van der Waals surface area contributed by atoms with E-state index in [1.165, 1.54) is 0 Å². The third-order valence-electron chi connectivity index (χ3n) is 3.06. The molecule has 0 fully saturated rings. The minimum atomic E-state index is -1.24. The molecule has 0 radical (unpaired) electrons. The Hall–Kier alpha value is -0.810. The summed E-state index contributed by atoms with van der Waals surface area (Å²) >= 11 is 0. The maximum absolute atomic E-state index is 10.6. The molecule has 1 N–H and O–H groups in total. The van der Waals surface area contributed by atoms with Crippen LogP contribution in [0.4, 0.5) is 4.79 Å². The molecule has 0 aromatic rings. The zero-order valence-electron chi connectivity index (χ0n) is 13.1. The van der Waals surface area contributed by atoms with Crippen molar-refractivity contribution in [3.05, 3.63) is 0 Å². The Balaban J connectivity index is 3.89. The molecule has 0 spiro atoms. The van der Waals surface area contributed by atoms with Crippen LogP contribution in [-0.4, -0.2) is 43.3 Å². The maximum atomic E-state index is 10.6. The van der Waals surface area contributed by atoms with Crippen molar-refractivity contribution in [2.45, 2.75) is 71.5 Å². The fourth-order valence-electron chi connectivity index (χ4n) is 1.76. The van der Waals surface area contributed by atoms with Gasteiger partial charge in [-0.2, -0.15) is 0 Å². The van der Waals surface area contributed by atoms with Gasteiger partial charge in [-0.3, -0.25) is 0 Å². The number of unbranched alkanes of at least 4 members (excludes halogenated alkanes) is 2. The zero-order valence-corrected chi connectivity index (χ0v) is 13.1. The van der Waals surface area contributed by atoms with Crippen molar-refractivity contribution >= 4 is 6.16 Å². The van der Waals surface area contributed by atoms with Gasteiger partial charge in [0.25, 0.3) is 0 Å².